The van der Waals surface area contributed by atoms with Crippen molar-refractivity contribution < 1.29 is 4.79 Å². The minimum absolute atomic E-state index is 0.0383. The van der Waals surface area contributed by atoms with E-state index in [1.807, 2.05) is 43.4 Å². The molecule has 0 fully saturated rings. The minimum atomic E-state index is -0.0383. The lowest BCUT2D eigenvalue weighted by molar-refractivity contribution is 0.1000. The Morgan fingerprint density at radius 2 is 1.91 bits per heavy atom. The maximum atomic E-state index is 12.3. The summed E-state index contributed by atoms with van der Waals surface area (Å²) < 4.78 is 1.71. The number of nitriles is 1. The Bertz CT molecular complexity index is 1580. The van der Waals surface area contributed by atoms with E-state index < -0.39 is 0 Å². The number of ketones is 1. The average molecular weight is 430 g/mol. The summed E-state index contributed by atoms with van der Waals surface area (Å²) in [6, 6.07) is 17.0. The summed E-state index contributed by atoms with van der Waals surface area (Å²) in [7, 11) is 1.81. The zero-order valence-electron chi connectivity index (χ0n) is 17.8. The molecule has 1 aliphatic heterocycles. The van der Waals surface area contributed by atoms with Crippen LogP contribution in [0, 0.1) is 17.9 Å². The molecule has 1 aromatic heterocycles. The number of nitrogens with zero attached hydrogens (tertiary/aromatic N) is 5. The molecule has 7 nitrogen and oxygen atoms in total. The molecule has 4 aromatic rings. The Morgan fingerprint density at radius 1 is 1.12 bits per heavy atom. The van der Waals surface area contributed by atoms with Crippen molar-refractivity contribution in [2.75, 3.05) is 13.1 Å². The number of rotatable bonds is 3. The van der Waals surface area contributed by atoms with Gasteiger partial charge in [0.05, 0.1) is 35.8 Å². The Morgan fingerprint density at radius 3 is 2.64 bits per heavy atom. The number of fused-ring (bicyclic) bond motifs is 2. The zero-order chi connectivity index (χ0) is 23.1. The number of carbonyl (C=O) groups excluding carboxylic acids is 1. The maximum absolute atomic E-state index is 12.3. The third-order valence-electron chi connectivity index (χ3n) is 5.99. The highest BCUT2D eigenvalue weighted by molar-refractivity contribution is 6.16. The Balaban J connectivity index is 1.78. The van der Waals surface area contributed by atoms with E-state index in [4.69, 9.17) is 12.3 Å². The number of hydrogen-bond acceptors (Lipinski definition) is 5. The number of aryl methyl sites for hydroxylation is 1. The summed E-state index contributed by atoms with van der Waals surface area (Å²) in [5.74, 6) is -0.0383. The lowest BCUT2D eigenvalue weighted by Crippen LogP contribution is -2.24. The molecule has 0 radical (unpaired) electrons. The molecule has 0 bridgehead atoms. The van der Waals surface area contributed by atoms with Crippen molar-refractivity contribution in [2.45, 2.75) is 0 Å². The molecular formula is C26H18N6O. The molecule has 3 aromatic carbocycles. The molecule has 0 amide bonds. The van der Waals surface area contributed by atoms with Gasteiger partial charge in [0, 0.05) is 35.8 Å². The summed E-state index contributed by atoms with van der Waals surface area (Å²) in [5, 5.41) is 15.7. The molecule has 0 aliphatic carbocycles. The first kappa shape index (κ1) is 20.3. The van der Waals surface area contributed by atoms with Crippen molar-refractivity contribution in [3.63, 3.8) is 0 Å². The Hall–Kier alpha value is -4.59. The first-order valence-electron chi connectivity index (χ1n) is 10.3. The number of aliphatic imine (C=N–C) groups is 1. The van der Waals surface area contributed by atoms with Gasteiger partial charge >= 0.3 is 0 Å². The molecule has 0 atom stereocenters. The van der Waals surface area contributed by atoms with Crippen LogP contribution in [0.3, 0.4) is 0 Å². The fraction of sp³-hybridized carbons (Fsp3) is 0.115. The number of Topliss-reactive ketones (excluding diaryl/α,β-unsaturated/α-hetero) is 1. The number of benzene rings is 3. The second kappa shape index (κ2) is 7.83. The number of carbonyl (C=O) groups is 1. The van der Waals surface area contributed by atoms with Crippen LogP contribution in [-0.4, -0.2) is 34.4 Å². The Kier molecular flexibility index (Phi) is 4.82. The van der Waals surface area contributed by atoms with Crippen LogP contribution in [0.1, 0.15) is 21.5 Å². The monoisotopic (exact) mass is 430 g/mol. The van der Waals surface area contributed by atoms with Gasteiger partial charge < -0.3 is 5.73 Å². The van der Waals surface area contributed by atoms with Gasteiger partial charge in [0.2, 0.25) is 5.69 Å². The number of nitrogens with two attached hydrogens (primary N) is 1. The third-order valence-corrected chi connectivity index (χ3v) is 5.99. The SMILES string of the molecule is [C-]#[N+]c1c(-c2c(-c3ccc4c(c3)C(CN)=NCC4=O)cnn2C)cc(C#N)c2ccccc12. The van der Waals surface area contributed by atoms with E-state index >= 15 is 0 Å². The van der Waals surface area contributed by atoms with Gasteiger partial charge in [-0.1, -0.05) is 36.4 Å². The molecule has 0 saturated heterocycles. The van der Waals surface area contributed by atoms with Gasteiger partial charge in [0.15, 0.2) is 5.78 Å². The van der Waals surface area contributed by atoms with E-state index in [1.54, 1.807) is 23.0 Å². The van der Waals surface area contributed by atoms with Crippen molar-refractivity contribution in [1.82, 2.24) is 9.78 Å². The van der Waals surface area contributed by atoms with Crippen LogP contribution in [0.15, 0.2) is 59.7 Å². The third kappa shape index (κ3) is 3.11. The fourth-order valence-electron chi connectivity index (χ4n) is 4.43. The quantitative estimate of drug-likeness (QED) is 0.490. The molecule has 2 N–H and O–H groups in total. The van der Waals surface area contributed by atoms with Crippen molar-refractivity contribution in [3.8, 4) is 28.5 Å². The summed E-state index contributed by atoms with van der Waals surface area (Å²) in [6.45, 7) is 8.23. The normalized spacial score (nSPS) is 12.7. The van der Waals surface area contributed by atoms with E-state index in [0.717, 1.165) is 33.2 Å². The topological polar surface area (TPSA) is 101 Å². The standard InChI is InChI=1S/C26H18N6O/c1-29-25-19-6-4-3-5-17(19)16(11-27)10-21(25)26-22(13-31-32(26)2)15-7-8-18-20(9-15)23(12-28)30-14-24(18)33/h3-10,13H,12,14,28H2,2H3. The first-order valence-corrected chi connectivity index (χ1v) is 10.3. The van der Waals surface area contributed by atoms with Crippen LogP contribution in [0.25, 0.3) is 38.0 Å². The predicted octanol–water partition coefficient (Wildman–Crippen LogP) is 4.27. The second-order valence-electron chi connectivity index (χ2n) is 7.77. The van der Waals surface area contributed by atoms with Gasteiger partial charge in [0.25, 0.3) is 0 Å². The van der Waals surface area contributed by atoms with Crippen molar-refractivity contribution in [2.24, 2.45) is 17.8 Å². The van der Waals surface area contributed by atoms with Crippen LogP contribution in [-0.2, 0) is 7.05 Å². The highest BCUT2D eigenvalue weighted by atomic mass is 16.1. The number of aromatic nitrogens is 2. The zero-order valence-corrected chi connectivity index (χ0v) is 17.8. The molecule has 7 heteroatoms. The molecule has 33 heavy (non-hydrogen) atoms. The summed E-state index contributed by atoms with van der Waals surface area (Å²) in [5.41, 5.74) is 11.8. The van der Waals surface area contributed by atoms with Gasteiger partial charge in [-0.15, -0.1) is 0 Å². The van der Waals surface area contributed by atoms with Gasteiger partial charge in [-0.25, -0.2) is 4.85 Å². The molecule has 0 saturated carbocycles. The first-order chi connectivity index (χ1) is 16.1. The highest BCUT2D eigenvalue weighted by Gasteiger charge is 2.23. The van der Waals surface area contributed by atoms with Crippen LogP contribution in [0.5, 0.6) is 0 Å². The van der Waals surface area contributed by atoms with Gasteiger partial charge in [0.1, 0.15) is 6.54 Å². The van der Waals surface area contributed by atoms with Gasteiger partial charge in [-0.05, 0) is 28.5 Å². The highest BCUT2D eigenvalue weighted by Crippen LogP contribution is 2.42. The second-order valence-corrected chi connectivity index (χ2v) is 7.77. The lowest BCUT2D eigenvalue weighted by atomic mass is 9.90. The van der Waals surface area contributed by atoms with Crippen molar-refractivity contribution in [3.05, 3.63) is 82.8 Å². The molecule has 0 spiro atoms. The van der Waals surface area contributed by atoms with Crippen LogP contribution < -0.4 is 5.73 Å². The predicted molar refractivity (Wildman–Crippen MR) is 127 cm³/mol. The van der Waals surface area contributed by atoms with Gasteiger partial charge in [-0.2, -0.15) is 10.4 Å². The Labute approximate surface area is 190 Å². The smallest absolute Gasteiger partial charge is 0.204 e. The summed E-state index contributed by atoms with van der Waals surface area (Å²) in [6.07, 6.45) is 1.73. The van der Waals surface area contributed by atoms with Crippen molar-refractivity contribution in [1.29, 1.82) is 5.26 Å². The van der Waals surface area contributed by atoms with E-state index in [2.05, 4.69) is 21.0 Å². The fourth-order valence-corrected chi connectivity index (χ4v) is 4.43. The van der Waals surface area contributed by atoms with Crippen molar-refractivity contribution >= 4 is 28.0 Å². The van der Waals surface area contributed by atoms with E-state index in [1.165, 1.54) is 0 Å². The van der Waals surface area contributed by atoms with Crippen LogP contribution >= 0.6 is 0 Å². The molecule has 5 rings (SSSR count). The van der Waals surface area contributed by atoms with Gasteiger partial charge in [-0.3, -0.25) is 14.5 Å². The van der Waals surface area contributed by atoms with Crippen LogP contribution in [0.2, 0.25) is 0 Å². The summed E-state index contributed by atoms with van der Waals surface area (Å²) >= 11 is 0. The van der Waals surface area contributed by atoms with E-state index in [-0.39, 0.29) is 18.9 Å². The largest absolute Gasteiger partial charge is 0.325 e. The average Bonchev–Trinajstić information content (AvgIpc) is 3.24. The summed E-state index contributed by atoms with van der Waals surface area (Å²) in [4.78, 5) is 20.5. The van der Waals surface area contributed by atoms with Crippen LogP contribution in [0.4, 0.5) is 5.69 Å². The maximum Gasteiger partial charge on any atom is 0.204 e. The molecular weight excluding hydrogens is 412 g/mol. The lowest BCUT2D eigenvalue weighted by Gasteiger charge is -2.17. The molecule has 1 aliphatic rings. The molecule has 0 unspecified atom stereocenters. The minimum Gasteiger partial charge on any atom is -0.325 e. The number of hydrogen-bond donors (Lipinski definition) is 1. The molecule has 2 heterocycles. The van der Waals surface area contributed by atoms with E-state index in [9.17, 15) is 10.1 Å². The molecule has 158 valence electrons. The van der Waals surface area contributed by atoms with E-state index in [0.29, 0.717) is 28.1 Å².